The maximum Gasteiger partial charge on any atom is 0.338 e. The number of imide groups is 1. The summed E-state index contributed by atoms with van der Waals surface area (Å²) in [5.74, 6) is -1.63. The number of benzene rings is 2. The molecule has 2 fully saturated rings. The van der Waals surface area contributed by atoms with Gasteiger partial charge in [-0.2, -0.15) is 0 Å². The molecule has 4 rings (SSSR count). The highest BCUT2D eigenvalue weighted by molar-refractivity contribution is 6.34. The van der Waals surface area contributed by atoms with Gasteiger partial charge in [0.25, 0.3) is 5.91 Å². The van der Waals surface area contributed by atoms with Gasteiger partial charge in [0.15, 0.2) is 6.61 Å². The third-order valence-electron chi connectivity index (χ3n) is 6.06. The molecule has 2 amide bonds. The minimum Gasteiger partial charge on any atom is -0.454 e. The van der Waals surface area contributed by atoms with Crippen molar-refractivity contribution in [2.45, 2.75) is 50.6 Å². The zero-order chi connectivity index (χ0) is 23.4. The molecular formula is C25H25ClN2O5. The van der Waals surface area contributed by atoms with Gasteiger partial charge in [0, 0.05) is 11.6 Å². The topological polar surface area (TPSA) is 92.8 Å². The lowest BCUT2D eigenvalue weighted by molar-refractivity contribution is -0.121. The van der Waals surface area contributed by atoms with Gasteiger partial charge in [-0.3, -0.25) is 14.4 Å². The van der Waals surface area contributed by atoms with Crippen LogP contribution in [0.2, 0.25) is 5.02 Å². The number of ether oxygens (including phenoxy) is 1. The minimum absolute atomic E-state index is 0.128. The van der Waals surface area contributed by atoms with Crippen LogP contribution in [0.15, 0.2) is 48.5 Å². The molecule has 1 aliphatic carbocycles. The number of nitrogens with one attached hydrogen (secondary N) is 1. The molecule has 1 unspecified atom stereocenters. The fraction of sp³-hybridized carbons (Fsp3) is 0.360. The minimum atomic E-state index is -0.683. The fourth-order valence-corrected chi connectivity index (χ4v) is 4.55. The van der Waals surface area contributed by atoms with Crippen LogP contribution in [0.4, 0.5) is 5.69 Å². The molecule has 2 aliphatic rings. The Morgan fingerprint density at radius 3 is 2.39 bits per heavy atom. The van der Waals surface area contributed by atoms with Crippen LogP contribution in [0.5, 0.6) is 0 Å². The van der Waals surface area contributed by atoms with Crippen molar-refractivity contribution < 1.29 is 23.9 Å². The van der Waals surface area contributed by atoms with E-state index in [2.05, 4.69) is 5.32 Å². The van der Waals surface area contributed by atoms with E-state index in [-0.39, 0.29) is 35.4 Å². The Hall–Kier alpha value is -3.03. The van der Waals surface area contributed by atoms with Crippen LogP contribution in [0.3, 0.4) is 0 Å². The molecule has 0 radical (unpaired) electrons. The summed E-state index contributed by atoms with van der Waals surface area (Å²) in [4.78, 5) is 51.1. The Labute approximate surface area is 197 Å². The number of carbonyl (C=O) groups is 4. The van der Waals surface area contributed by atoms with Crippen molar-refractivity contribution >= 4 is 40.9 Å². The van der Waals surface area contributed by atoms with Crippen LogP contribution < -0.4 is 10.2 Å². The Morgan fingerprint density at radius 2 is 1.70 bits per heavy atom. The van der Waals surface area contributed by atoms with E-state index < -0.39 is 24.4 Å². The van der Waals surface area contributed by atoms with E-state index in [1.54, 1.807) is 24.3 Å². The lowest BCUT2D eigenvalue weighted by Crippen LogP contribution is -2.44. The Morgan fingerprint density at radius 1 is 1.00 bits per heavy atom. The molecular weight excluding hydrogens is 444 g/mol. The van der Waals surface area contributed by atoms with Crippen LogP contribution in [0.25, 0.3) is 0 Å². The summed E-state index contributed by atoms with van der Waals surface area (Å²) in [7, 11) is 0. The second-order valence-electron chi connectivity index (χ2n) is 8.35. The summed E-state index contributed by atoms with van der Waals surface area (Å²) in [6.07, 6.45) is 5.66. The first-order valence-electron chi connectivity index (χ1n) is 11.1. The molecule has 2 aromatic carbocycles. The second kappa shape index (κ2) is 10.3. The number of nitrogens with zero attached hydrogens (tertiary/aromatic N) is 1. The van der Waals surface area contributed by atoms with E-state index in [0.717, 1.165) is 30.6 Å². The molecule has 0 aromatic heterocycles. The number of rotatable bonds is 7. The van der Waals surface area contributed by atoms with E-state index in [9.17, 15) is 19.2 Å². The van der Waals surface area contributed by atoms with Crippen molar-refractivity contribution in [2.75, 3.05) is 11.5 Å². The van der Waals surface area contributed by atoms with E-state index in [1.807, 2.05) is 0 Å². The first-order valence-corrected chi connectivity index (χ1v) is 11.5. The average molecular weight is 469 g/mol. The van der Waals surface area contributed by atoms with Crippen molar-refractivity contribution in [3.05, 3.63) is 64.7 Å². The third kappa shape index (κ3) is 5.31. The van der Waals surface area contributed by atoms with Gasteiger partial charge in [0.05, 0.1) is 28.7 Å². The van der Waals surface area contributed by atoms with Gasteiger partial charge < -0.3 is 10.1 Å². The van der Waals surface area contributed by atoms with Crippen LogP contribution in [-0.4, -0.2) is 42.3 Å². The van der Waals surface area contributed by atoms with Crippen molar-refractivity contribution in [1.29, 1.82) is 0 Å². The van der Waals surface area contributed by atoms with Gasteiger partial charge in [0.1, 0.15) is 0 Å². The molecule has 0 spiro atoms. The number of halogens is 1. The number of hydrogen-bond donors (Lipinski definition) is 1. The Kier molecular flexibility index (Phi) is 7.20. The van der Waals surface area contributed by atoms with Crippen LogP contribution >= 0.6 is 11.6 Å². The molecule has 1 atom stereocenters. The summed E-state index contributed by atoms with van der Waals surface area (Å²) in [6, 6.07) is 12.3. The number of anilines is 1. The van der Waals surface area contributed by atoms with Gasteiger partial charge >= 0.3 is 5.97 Å². The zero-order valence-corrected chi connectivity index (χ0v) is 18.8. The number of hydrogen-bond acceptors (Lipinski definition) is 6. The highest BCUT2D eigenvalue weighted by atomic mass is 35.5. The molecule has 1 heterocycles. The van der Waals surface area contributed by atoms with Crippen LogP contribution in [0, 0.1) is 0 Å². The van der Waals surface area contributed by atoms with E-state index in [4.69, 9.17) is 16.3 Å². The largest absolute Gasteiger partial charge is 0.454 e. The van der Waals surface area contributed by atoms with Gasteiger partial charge in [-0.1, -0.05) is 43.0 Å². The lowest BCUT2D eigenvalue weighted by Gasteiger charge is -2.25. The normalized spacial score (nSPS) is 19.1. The summed E-state index contributed by atoms with van der Waals surface area (Å²) in [6.45, 7) is -0.443. The highest BCUT2D eigenvalue weighted by Gasteiger charge is 2.40. The number of ketones is 1. The predicted molar refractivity (Wildman–Crippen MR) is 123 cm³/mol. The summed E-state index contributed by atoms with van der Waals surface area (Å²) < 4.78 is 5.10. The second-order valence-corrected chi connectivity index (χ2v) is 8.76. The van der Waals surface area contributed by atoms with Crippen molar-refractivity contribution in [1.82, 2.24) is 5.32 Å². The predicted octanol–water partition coefficient (Wildman–Crippen LogP) is 3.93. The van der Waals surface area contributed by atoms with E-state index >= 15 is 0 Å². The summed E-state index contributed by atoms with van der Waals surface area (Å²) >= 11 is 5.99. The third-order valence-corrected chi connectivity index (χ3v) is 6.39. The number of esters is 1. The first kappa shape index (κ1) is 23.1. The number of carbonyl (C=O) groups excluding carboxylic acids is 4. The van der Waals surface area contributed by atoms with Crippen molar-refractivity contribution in [3.8, 4) is 0 Å². The molecule has 8 heteroatoms. The molecule has 1 N–H and O–H groups in total. The smallest absolute Gasteiger partial charge is 0.338 e. The monoisotopic (exact) mass is 468 g/mol. The summed E-state index contributed by atoms with van der Waals surface area (Å²) in [5, 5.41) is 3.64. The maximum absolute atomic E-state index is 12.9. The molecule has 0 bridgehead atoms. The molecule has 7 nitrogen and oxygen atoms in total. The summed E-state index contributed by atoms with van der Waals surface area (Å²) in [5.41, 5.74) is 0.896. The van der Waals surface area contributed by atoms with Crippen molar-refractivity contribution in [3.63, 3.8) is 0 Å². The van der Waals surface area contributed by atoms with Gasteiger partial charge in [-0.25, -0.2) is 9.69 Å². The lowest BCUT2D eigenvalue weighted by atomic mass is 9.95. The molecule has 2 aromatic rings. The van der Waals surface area contributed by atoms with Crippen LogP contribution in [-0.2, 0) is 14.3 Å². The van der Waals surface area contributed by atoms with Gasteiger partial charge in [-0.15, -0.1) is 0 Å². The number of Topliss-reactive ketones (excluding diaryl/α,β-unsaturated/α-hetero) is 1. The Balaban J connectivity index is 1.35. The quantitative estimate of drug-likeness (QED) is 0.376. The molecule has 33 heavy (non-hydrogen) atoms. The highest BCUT2D eigenvalue weighted by Crippen LogP contribution is 2.26. The van der Waals surface area contributed by atoms with E-state index in [0.29, 0.717) is 10.7 Å². The van der Waals surface area contributed by atoms with Gasteiger partial charge in [-0.05, 0) is 49.2 Å². The van der Waals surface area contributed by atoms with Crippen LogP contribution in [0.1, 0.15) is 59.2 Å². The molecule has 1 saturated heterocycles. The average Bonchev–Trinajstić information content (AvgIpc) is 3.10. The first-order chi connectivity index (χ1) is 15.9. The standard InChI is InChI=1S/C25H25ClN2O5/c26-20-9-5-4-8-19(20)22(29)15-33-25(32)16-10-12-18(13-11-16)28-23(30)14-21(24(28)31)27-17-6-2-1-3-7-17/h4-5,8-13,17,21,27H,1-3,6-7,14-15H2. The number of amides is 2. The Bertz CT molecular complexity index is 1060. The fourth-order valence-electron chi connectivity index (χ4n) is 4.31. The van der Waals surface area contributed by atoms with E-state index in [1.165, 1.54) is 30.7 Å². The molecule has 1 saturated carbocycles. The SMILES string of the molecule is O=C(OCC(=O)c1ccccc1Cl)c1ccc(N2C(=O)CC(NC3CCCCC3)C2=O)cc1. The molecule has 1 aliphatic heterocycles. The zero-order valence-electron chi connectivity index (χ0n) is 18.1. The molecule has 172 valence electrons. The maximum atomic E-state index is 12.9. The van der Waals surface area contributed by atoms with Gasteiger partial charge in [0.2, 0.25) is 11.7 Å². The van der Waals surface area contributed by atoms with Crippen molar-refractivity contribution in [2.24, 2.45) is 0 Å².